The lowest BCUT2D eigenvalue weighted by Gasteiger charge is -2.24. The first kappa shape index (κ1) is 33.0. The number of nitrogens with two attached hydrogens (primary N) is 2. The highest BCUT2D eigenvalue weighted by Crippen LogP contribution is 2.13. The number of hydrogen-bond donors (Lipinski definition) is 9. The van der Waals surface area contributed by atoms with E-state index in [1.54, 1.807) is 0 Å². The zero-order valence-electron chi connectivity index (χ0n) is 22.4. The molecule has 0 aliphatic rings. The van der Waals surface area contributed by atoms with E-state index in [-0.39, 0.29) is 24.3 Å². The van der Waals surface area contributed by atoms with Crippen LogP contribution in [0.3, 0.4) is 0 Å². The minimum absolute atomic E-state index is 0.00600. The van der Waals surface area contributed by atoms with Gasteiger partial charge in [0.25, 0.3) is 0 Å². The van der Waals surface area contributed by atoms with Crippen LogP contribution in [-0.2, 0) is 41.6 Å². The van der Waals surface area contributed by atoms with Gasteiger partial charge >= 0.3 is 11.9 Å². The standard InChI is InChI=1S/C27H33N5O10/c28-18(11-14-1-5-16(33)6-2-14)24(38)31-20(13-22(29)35)26(40)30-19(9-10-23(36)37)25(39)32-21(27(41)42)12-15-3-7-17(34)8-4-15/h1-8,18-21,33-34H,9-13,28H2,(H2,29,35)(H,30,40)(H,31,38)(H,32,39)(H,36,37)(H,41,42). The smallest absolute Gasteiger partial charge is 0.326 e. The van der Waals surface area contributed by atoms with Gasteiger partial charge in [0.2, 0.25) is 23.6 Å². The molecule has 0 heterocycles. The first-order valence-corrected chi connectivity index (χ1v) is 12.7. The summed E-state index contributed by atoms with van der Waals surface area (Å²) in [6, 6.07) is 5.60. The zero-order chi connectivity index (χ0) is 31.4. The lowest BCUT2D eigenvalue weighted by molar-refractivity contribution is -0.143. The Morgan fingerprint density at radius 2 is 1.12 bits per heavy atom. The molecule has 2 rings (SSSR count). The Labute approximate surface area is 239 Å². The van der Waals surface area contributed by atoms with Crippen molar-refractivity contribution >= 4 is 35.6 Å². The van der Waals surface area contributed by atoms with Crippen molar-refractivity contribution < 1.29 is 49.2 Å². The highest BCUT2D eigenvalue weighted by Gasteiger charge is 2.31. The molecule has 15 heteroatoms. The van der Waals surface area contributed by atoms with Crippen LogP contribution < -0.4 is 27.4 Å². The van der Waals surface area contributed by atoms with Crippen LogP contribution in [0.4, 0.5) is 0 Å². The van der Waals surface area contributed by atoms with Gasteiger partial charge in [-0.3, -0.25) is 24.0 Å². The molecule has 4 amide bonds. The molecule has 4 unspecified atom stereocenters. The van der Waals surface area contributed by atoms with Gasteiger partial charge in [-0.05, 0) is 48.2 Å². The zero-order valence-corrected chi connectivity index (χ0v) is 22.4. The Hall–Kier alpha value is -5.18. The predicted molar refractivity (Wildman–Crippen MR) is 146 cm³/mol. The first-order chi connectivity index (χ1) is 19.7. The van der Waals surface area contributed by atoms with Gasteiger partial charge < -0.3 is 47.8 Å². The van der Waals surface area contributed by atoms with Crippen LogP contribution >= 0.6 is 0 Å². The summed E-state index contributed by atoms with van der Waals surface area (Å²) >= 11 is 0. The van der Waals surface area contributed by atoms with Crippen molar-refractivity contribution in [1.82, 2.24) is 16.0 Å². The van der Waals surface area contributed by atoms with E-state index in [1.807, 2.05) is 0 Å². The summed E-state index contributed by atoms with van der Waals surface area (Å²) in [7, 11) is 0. The molecule has 0 bridgehead atoms. The van der Waals surface area contributed by atoms with Crippen LogP contribution in [0, 0.1) is 0 Å². The molecule has 0 aliphatic heterocycles. The van der Waals surface area contributed by atoms with Gasteiger partial charge in [0, 0.05) is 12.8 Å². The number of rotatable bonds is 16. The Bertz CT molecular complexity index is 1280. The molecule has 2 aromatic rings. The van der Waals surface area contributed by atoms with E-state index in [9.17, 15) is 44.1 Å². The number of carboxylic acids is 2. The van der Waals surface area contributed by atoms with Gasteiger partial charge in [0.15, 0.2) is 0 Å². The summed E-state index contributed by atoms with van der Waals surface area (Å²) in [5.41, 5.74) is 12.2. The number of phenols is 2. The van der Waals surface area contributed by atoms with Crippen molar-refractivity contribution in [3.63, 3.8) is 0 Å². The van der Waals surface area contributed by atoms with Crippen LogP contribution in [0.25, 0.3) is 0 Å². The molecule has 0 aliphatic carbocycles. The molecule has 0 aromatic heterocycles. The average molecular weight is 588 g/mol. The molecule has 15 nitrogen and oxygen atoms in total. The van der Waals surface area contributed by atoms with E-state index in [2.05, 4.69) is 16.0 Å². The number of primary amides is 1. The Morgan fingerprint density at radius 3 is 1.60 bits per heavy atom. The van der Waals surface area contributed by atoms with Gasteiger partial charge in [0.1, 0.15) is 29.6 Å². The van der Waals surface area contributed by atoms with Crippen LogP contribution in [-0.4, -0.2) is 80.2 Å². The number of amides is 4. The van der Waals surface area contributed by atoms with E-state index >= 15 is 0 Å². The van der Waals surface area contributed by atoms with Crippen molar-refractivity contribution in [2.24, 2.45) is 11.5 Å². The normalized spacial score (nSPS) is 13.5. The average Bonchev–Trinajstić information content (AvgIpc) is 2.91. The molecule has 0 saturated carbocycles. The number of phenolic OH excluding ortho intramolecular Hbond substituents is 2. The number of hydrogen-bond acceptors (Lipinski definition) is 9. The second-order valence-electron chi connectivity index (χ2n) is 9.47. The molecule has 0 saturated heterocycles. The Kier molecular flexibility index (Phi) is 12.2. The maximum Gasteiger partial charge on any atom is 0.326 e. The predicted octanol–water partition coefficient (Wildman–Crippen LogP) is -1.51. The third-order valence-corrected chi connectivity index (χ3v) is 6.04. The molecule has 0 spiro atoms. The van der Waals surface area contributed by atoms with Gasteiger partial charge in [0.05, 0.1) is 12.5 Å². The molecular formula is C27H33N5O10. The maximum absolute atomic E-state index is 13.1. The van der Waals surface area contributed by atoms with E-state index < -0.39 is 79.0 Å². The first-order valence-electron chi connectivity index (χ1n) is 12.7. The Morgan fingerprint density at radius 1 is 0.667 bits per heavy atom. The number of aliphatic carboxylic acids is 2. The van der Waals surface area contributed by atoms with Crippen LogP contribution in [0.1, 0.15) is 30.4 Å². The second kappa shape index (κ2) is 15.6. The van der Waals surface area contributed by atoms with Crippen LogP contribution in [0.2, 0.25) is 0 Å². The number of benzene rings is 2. The molecule has 4 atom stereocenters. The number of carbonyl (C=O) groups excluding carboxylic acids is 4. The lowest BCUT2D eigenvalue weighted by Crippen LogP contribution is -2.58. The van der Waals surface area contributed by atoms with Crippen LogP contribution in [0.15, 0.2) is 48.5 Å². The van der Waals surface area contributed by atoms with E-state index in [4.69, 9.17) is 16.6 Å². The molecule has 0 fully saturated rings. The maximum atomic E-state index is 13.1. The third-order valence-electron chi connectivity index (χ3n) is 6.04. The number of aromatic hydroxyl groups is 2. The van der Waals surface area contributed by atoms with E-state index in [1.165, 1.54) is 48.5 Å². The molecule has 11 N–H and O–H groups in total. The molecule has 0 radical (unpaired) electrons. The van der Waals surface area contributed by atoms with Crippen LogP contribution in [0.5, 0.6) is 11.5 Å². The Balaban J connectivity index is 2.16. The number of nitrogens with one attached hydrogen (secondary N) is 3. The molecule has 42 heavy (non-hydrogen) atoms. The van der Waals surface area contributed by atoms with Gasteiger partial charge in [-0.1, -0.05) is 24.3 Å². The number of carboxylic acid groups (broad SMARTS) is 2. The van der Waals surface area contributed by atoms with Crippen molar-refractivity contribution in [2.45, 2.75) is 56.3 Å². The highest BCUT2D eigenvalue weighted by atomic mass is 16.4. The van der Waals surface area contributed by atoms with Crippen molar-refractivity contribution in [2.75, 3.05) is 0 Å². The monoisotopic (exact) mass is 587 g/mol. The summed E-state index contributed by atoms with van der Waals surface area (Å²) in [4.78, 5) is 73.4. The van der Waals surface area contributed by atoms with E-state index in [0.29, 0.717) is 11.1 Å². The molecular weight excluding hydrogens is 554 g/mol. The SMILES string of the molecule is NC(=O)CC(NC(=O)C(N)Cc1ccc(O)cc1)C(=O)NC(CCC(=O)O)C(=O)NC(Cc1ccc(O)cc1)C(=O)O. The van der Waals surface area contributed by atoms with Crippen molar-refractivity contribution in [1.29, 1.82) is 0 Å². The fourth-order valence-corrected chi connectivity index (χ4v) is 3.82. The van der Waals surface area contributed by atoms with Crippen molar-refractivity contribution in [3.05, 3.63) is 59.7 Å². The summed E-state index contributed by atoms with van der Waals surface area (Å²) in [6.07, 6.45) is -1.90. The summed E-state index contributed by atoms with van der Waals surface area (Å²) in [5, 5.41) is 44.3. The highest BCUT2D eigenvalue weighted by molar-refractivity contribution is 5.96. The number of carbonyl (C=O) groups is 6. The quantitative estimate of drug-likeness (QED) is 0.109. The second-order valence-corrected chi connectivity index (χ2v) is 9.47. The lowest BCUT2D eigenvalue weighted by atomic mass is 10.0. The summed E-state index contributed by atoms with van der Waals surface area (Å²) in [5.74, 6) is -6.66. The summed E-state index contributed by atoms with van der Waals surface area (Å²) < 4.78 is 0. The van der Waals surface area contributed by atoms with Gasteiger partial charge in [-0.15, -0.1) is 0 Å². The van der Waals surface area contributed by atoms with E-state index in [0.717, 1.165) is 0 Å². The molecule has 226 valence electrons. The fourth-order valence-electron chi connectivity index (χ4n) is 3.82. The molecule has 2 aromatic carbocycles. The van der Waals surface area contributed by atoms with Crippen molar-refractivity contribution in [3.8, 4) is 11.5 Å². The third kappa shape index (κ3) is 11.1. The summed E-state index contributed by atoms with van der Waals surface area (Å²) in [6.45, 7) is 0. The largest absolute Gasteiger partial charge is 0.508 e. The topological polar surface area (TPSA) is 271 Å². The van der Waals surface area contributed by atoms with Gasteiger partial charge in [-0.2, -0.15) is 0 Å². The van der Waals surface area contributed by atoms with Gasteiger partial charge in [-0.25, -0.2) is 4.79 Å². The fraction of sp³-hybridized carbons (Fsp3) is 0.333. The minimum atomic E-state index is -1.59. The minimum Gasteiger partial charge on any atom is -0.508 e.